The van der Waals surface area contributed by atoms with E-state index in [2.05, 4.69) is 14.8 Å². The van der Waals surface area contributed by atoms with Gasteiger partial charge in [0.1, 0.15) is 12.4 Å². The summed E-state index contributed by atoms with van der Waals surface area (Å²) in [4.78, 5) is 0. The fraction of sp³-hybridized carbons (Fsp3) is 0.818. The lowest BCUT2D eigenvalue weighted by molar-refractivity contribution is -0.0266. The molecule has 0 spiro atoms. The monoisotopic (exact) mass is 224 g/mol. The highest BCUT2D eigenvalue weighted by Crippen LogP contribution is 2.16. The van der Waals surface area contributed by atoms with Crippen LogP contribution in [0.1, 0.15) is 38.3 Å². The highest BCUT2D eigenvalue weighted by Gasteiger charge is 2.20. The maximum Gasteiger partial charge on any atom is 0.159 e. The summed E-state index contributed by atoms with van der Waals surface area (Å²) in [5, 5.41) is 8.37. The van der Waals surface area contributed by atoms with Crippen LogP contribution in [0.3, 0.4) is 0 Å². The van der Waals surface area contributed by atoms with Crippen LogP contribution in [0, 0.1) is 0 Å². The van der Waals surface area contributed by atoms with Crippen LogP contribution in [0.4, 0.5) is 0 Å². The number of nitrogens with zero attached hydrogens (tertiary/aromatic N) is 3. The highest BCUT2D eigenvalue weighted by molar-refractivity contribution is 4.98. The second-order valence-corrected chi connectivity index (χ2v) is 4.89. The van der Waals surface area contributed by atoms with Gasteiger partial charge in [0.05, 0.1) is 5.60 Å². The van der Waals surface area contributed by atoms with Gasteiger partial charge in [-0.2, -0.15) is 0 Å². The zero-order valence-electron chi connectivity index (χ0n) is 10.1. The van der Waals surface area contributed by atoms with Crippen molar-refractivity contribution in [2.24, 2.45) is 5.73 Å². The van der Waals surface area contributed by atoms with E-state index in [-0.39, 0.29) is 5.60 Å². The van der Waals surface area contributed by atoms with Crippen molar-refractivity contribution < 1.29 is 4.74 Å². The highest BCUT2D eigenvalue weighted by atomic mass is 16.5. The molecule has 2 rings (SSSR count). The minimum Gasteiger partial charge on any atom is -0.366 e. The molecule has 16 heavy (non-hydrogen) atoms. The molecule has 0 aromatic carbocycles. The van der Waals surface area contributed by atoms with E-state index in [1.54, 1.807) is 0 Å². The Bertz CT molecular complexity index is 359. The number of fused-ring (bicyclic) bond motifs is 1. The minimum absolute atomic E-state index is 0.291. The number of nitrogens with two attached hydrogens (primary N) is 1. The van der Waals surface area contributed by atoms with Gasteiger partial charge in [0.25, 0.3) is 0 Å². The number of hydrogen-bond donors (Lipinski definition) is 1. The van der Waals surface area contributed by atoms with E-state index < -0.39 is 0 Å². The van der Waals surface area contributed by atoms with Crippen molar-refractivity contribution in [3.63, 3.8) is 0 Å². The Hall–Kier alpha value is -0.940. The Morgan fingerprint density at radius 1 is 1.38 bits per heavy atom. The first-order valence-corrected chi connectivity index (χ1v) is 5.87. The van der Waals surface area contributed by atoms with Gasteiger partial charge < -0.3 is 15.0 Å². The third-order valence-corrected chi connectivity index (χ3v) is 3.02. The van der Waals surface area contributed by atoms with Crippen molar-refractivity contribution in [2.75, 3.05) is 6.54 Å². The first-order chi connectivity index (χ1) is 7.62. The maximum absolute atomic E-state index is 5.74. The zero-order valence-corrected chi connectivity index (χ0v) is 10.1. The summed E-state index contributed by atoms with van der Waals surface area (Å²) in [6, 6.07) is 0. The van der Waals surface area contributed by atoms with Crippen molar-refractivity contribution in [2.45, 2.75) is 51.9 Å². The molecule has 0 unspecified atom stereocenters. The maximum atomic E-state index is 5.74. The van der Waals surface area contributed by atoms with Crippen LogP contribution in [0.2, 0.25) is 0 Å². The Morgan fingerprint density at radius 2 is 2.19 bits per heavy atom. The van der Waals surface area contributed by atoms with E-state index in [0.717, 1.165) is 24.6 Å². The van der Waals surface area contributed by atoms with Crippen molar-refractivity contribution in [3.05, 3.63) is 11.6 Å². The topological polar surface area (TPSA) is 66.0 Å². The first kappa shape index (κ1) is 11.5. The van der Waals surface area contributed by atoms with Crippen molar-refractivity contribution in [3.8, 4) is 0 Å². The molecule has 0 atom stereocenters. The predicted molar refractivity (Wildman–Crippen MR) is 60.9 cm³/mol. The summed E-state index contributed by atoms with van der Waals surface area (Å²) in [6.07, 6.45) is 3.46. The molecule has 1 aromatic heterocycles. The van der Waals surface area contributed by atoms with E-state index in [0.29, 0.717) is 13.2 Å². The summed E-state index contributed by atoms with van der Waals surface area (Å²) >= 11 is 0. The van der Waals surface area contributed by atoms with Gasteiger partial charge in [-0.05, 0) is 26.7 Å². The van der Waals surface area contributed by atoms with Crippen LogP contribution in [0.25, 0.3) is 0 Å². The largest absolute Gasteiger partial charge is 0.366 e. The molecule has 2 heterocycles. The molecule has 0 amide bonds. The van der Waals surface area contributed by atoms with Gasteiger partial charge in [-0.25, -0.2) is 0 Å². The summed E-state index contributed by atoms with van der Waals surface area (Å²) in [5.74, 6) is 2.02. The molecule has 2 N–H and O–H groups in total. The molecule has 0 saturated carbocycles. The lowest BCUT2D eigenvalue weighted by Gasteiger charge is -2.23. The fourth-order valence-corrected chi connectivity index (χ4v) is 1.79. The van der Waals surface area contributed by atoms with Crippen molar-refractivity contribution in [1.29, 1.82) is 0 Å². The van der Waals surface area contributed by atoms with Crippen LogP contribution in [-0.4, -0.2) is 26.9 Å². The summed E-state index contributed by atoms with van der Waals surface area (Å²) in [5.41, 5.74) is 5.33. The van der Waals surface area contributed by atoms with E-state index in [4.69, 9.17) is 10.5 Å². The molecule has 90 valence electrons. The smallest absolute Gasteiger partial charge is 0.159 e. The quantitative estimate of drug-likeness (QED) is 0.824. The molecular weight excluding hydrogens is 204 g/mol. The van der Waals surface area contributed by atoms with Crippen LogP contribution in [0.15, 0.2) is 0 Å². The Labute approximate surface area is 96.0 Å². The molecular formula is C11H20N4O. The zero-order chi connectivity index (χ0) is 11.6. The van der Waals surface area contributed by atoms with Gasteiger partial charge in [0.15, 0.2) is 5.82 Å². The molecule has 0 saturated heterocycles. The Morgan fingerprint density at radius 3 is 2.94 bits per heavy atom. The van der Waals surface area contributed by atoms with E-state index >= 15 is 0 Å². The van der Waals surface area contributed by atoms with Gasteiger partial charge in [-0.15, -0.1) is 10.2 Å². The van der Waals surface area contributed by atoms with E-state index in [1.807, 2.05) is 13.8 Å². The number of ether oxygens (including phenoxy) is 1. The van der Waals surface area contributed by atoms with Crippen molar-refractivity contribution >= 4 is 0 Å². The number of aromatic nitrogens is 3. The van der Waals surface area contributed by atoms with Gasteiger partial charge in [0, 0.05) is 19.5 Å². The molecule has 1 aromatic rings. The van der Waals surface area contributed by atoms with Crippen LogP contribution in [0.5, 0.6) is 0 Å². The number of hydrogen-bond acceptors (Lipinski definition) is 4. The fourth-order valence-electron chi connectivity index (χ4n) is 1.79. The predicted octanol–water partition coefficient (Wildman–Crippen LogP) is 0.868. The second-order valence-electron chi connectivity index (χ2n) is 4.89. The van der Waals surface area contributed by atoms with Gasteiger partial charge in [-0.1, -0.05) is 0 Å². The van der Waals surface area contributed by atoms with Crippen LogP contribution in [-0.2, 0) is 24.3 Å². The first-order valence-electron chi connectivity index (χ1n) is 5.87. The average molecular weight is 224 g/mol. The third kappa shape index (κ3) is 2.41. The molecule has 5 nitrogen and oxygen atoms in total. The summed E-state index contributed by atoms with van der Waals surface area (Å²) in [6.45, 7) is 6.00. The van der Waals surface area contributed by atoms with E-state index in [9.17, 15) is 0 Å². The van der Waals surface area contributed by atoms with Gasteiger partial charge in [-0.3, -0.25) is 0 Å². The molecule has 5 heteroatoms. The SMILES string of the molecule is CC(C)(CN)OCc1nnc2n1CCCC2. The molecule has 1 aliphatic heterocycles. The van der Waals surface area contributed by atoms with Gasteiger partial charge in [0.2, 0.25) is 0 Å². The standard InChI is InChI=1S/C11H20N4O/c1-11(2,8-12)16-7-10-14-13-9-5-3-4-6-15(9)10/h3-8,12H2,1-2H3. The Kier molecular flexibility index (Phi) is 3.25. The Balaban J connectivity index is 2.02. The minimum atomic E-state index is -0.291. The lowest BCUT2D eigenvalue weighted by atomic mass is 10.1. The van der Waals surface area contributed by atoms with E-state index in [1.165, 1.54) is 12.8 Å². The molecule has 1 aliphatic rings. The second kappa shape index (κ2) is 4.51. The summed E-state index contributed by atoms with van der Waals surface area (Å²) < 4.78 is 7.92. The lowest BCUT2D eigenvalue weighted by Crippen LogP contribution is -2.34. The third-order valence-electron chi connectivity index (χ3n) is 3.02. The number of aryl methyl sites for hydroxylation is 1. The van der Waals surface area contributed by atoms with Crippen molar-refractivity contribution in [1.82, 2.24) is 14.8 Å². The normalized spacial score (nSPS) is 16.2. The molecule has 0 bridgehead atoms. The molecule has 0 fully saturated rings. The summed E-state index contributed by atoms with van der Waals surface area (Å²) in [7, 11) is 0. The average Bonchev–Trinajstić information content (AvgIpc) is 2.70. The van der Waals surface area contributed by atoms with Crippen LogP contribution < -0.4 is 5.73 Å². The molecule has 0 aliphatic carbocycles. The number of rotatable bonds is 4. The van der Waals surface area contributed by atoms with Gasteiger partial charge >= 0.3 is 0 Å². The van der Waals surface area contributed by atoms with Crippen LogP contribution >= 0.6 is 0 Å². The molecule has 0 radical (unpaired) electrons.